The summed E-state index contributed by atoms with van der Waals surface area (Å²) in [5.41, 5.74) is 2.44. The van der Waals surface area contributed by atoms with Crippen molar-refractivity contribution in [2.24, 2.45) is 7.05 Å². The Morgan fingerprint density at radius 2 is 1.56 bits per heavy atom. The van der Waals surface area contributed by atoms with Gasteiger partial charge in [-0.15, -0.1) is 0 Å². The third-order valence-corrected chi connectivity index (χ3v) is 4.05. The van der Waals surface area contributed by atoms with E-state index in [0.29, 0.717) is 19.6 Å². The van der Waals surface area contributed by atoms with E-state index in [2.05, 4.69) is 14.7 Å². The van der Waals surface area contributed by atoms with Gasteiger partial charge in [-0.1, -0.05) is 65.3 Å². The van der Waals surface area contributed by atoms with E-state index in [1.807, 2.05) is 60.7 Å². The van der Waals surface area contributed by atoms with Gasteiger partial charge in [-0.25, -0.2) is 0 Å². The van der Waals surface area contributed by atoms with Crippen LogP contribution >= 0.6 is 0 Å². The van der Waals surface area contributed by atoms with Crippen molar-refractivity contribution in [3.05, 3.63) is 77.5 Å². The highest BCUT2D eigenvalue weighted by molar-refractivity contribution is 5.17. The largest absolute Gasteiger partial charge is 0.539 e. The molecule has 1 aromatic heterocycles. The number of rotatable bonds is 7. The molecule has 130 valence electrons. The molecule has 0 aliphatic carbocycles. The van der Waals surface area contributed by atoms with Gasteiger partial charge in [-0.05, 0) is 11.1 Å². The topological polar surface area (TPSA) is 76.4 Å². The van der Waals surface area contributed by atoms with Crippen molar-refractivity contribution in [2.75, 3.05) is 6.54 Å². The molecule has 0 saturated carbocycles. The summed E-state index contributed by atoms with van der Waals surface area (Å²) >= 11 is 0. The summed E-state index contributed by atoms with van der Waals surface area (Å²) in [7, 11) is 1.59. The number of aliphatic hydroxyl groups excluding tert-OH is 1. The van der Waals surface area contributed by atoms with Crippen LogP contribution in [0.1, 0.15) is 22.9 Å². The first kappa shape index (κ1) is 17.1. The number of hydrogen-bond donors (Lipinski definition) is 1. The van der Waals surface area contributed by atoms with Crippen molar-refractivity contribution in [2.45, 2.75) is 19.2 Å². The Hall–Kier alpha value is -2.70. The summed E-state index contributed by atoms with van der Waals surface area (Å²) in [5, 5.41) is 25.8. The lowest BCUT2D eigenvalue weighted by atomic mass is 10.1. The summed E-state index contributed by atoms with van der Waals surface area (Å²) in [6.45, 7) is 1.63. The number of aromatic nitrogens is 2. The SMILES string of the molecule is C[n+]1noc([O-])c1C(O)CN(Cc1ccccc1)Cc1ccccc1. The van der Waals surface area contributed by atoms with Crippen LogP contribution in [0.5, 0.6) is 5.95 Å². The van der Waals surface area contributed by atoms with Gasteiger partial charge in [0.1, 0.15) is 0 Å². The van der Waals surface area contributed by atoms with Crippen LogP contribution < -0.4 is 9.79 Å². The maximum Gasteiger partial charge on any atom is 0.262 e. The smallest absolute Gasteiger partial charge is 0.262 e. The minimum atomic E-state index is -0.976. The highest BCUT2D eigenvalue weighted by Gasteiger charge is 2.25. The molecule has 1 N–H and O–H groups in total. The number of aryl methyl sites for hydroxylation is 1. The first-order valence-corrected chi connectivity index (χ1v) is 8.14. The molecule has 0 amide bonds. The number of aliphatic hydroxyl groups is 1. The third-order valence-electron chi connectivity index (χ3n) is 4.05. The van der Waals surface area contributed by atoms with Gasteiger partial charge in [0.05, 0.1) is 5.27 Å². The fourth-order valence-electron chi connectivity index (χ4n) is 2.87. The lowest BCUT2D eigenvalue weighted by molar-refractivity contribution is -0.749. The molecule has 0 bridgehead atoms. The van der Waals surface area contributed by atoms with Crippen LogP contribution in [0, 0.1) is 0 Å². The van der Waals surface area contributed by atoms with Gasteiger partial charge < -0.3 is 14.7 Å². The van der Waals surface area contributed by atoms with Crippen molar-refractivity contribution in [3.63, 3.8) is 0 Å². The van der Waals surface area contributed by atoms with Crippen molar-refractivity contribution in [3.8, 4) is 5.95 Å². The molecule has 6 nitrogen and oxygen atoms in total. The molecule has 0 spiro atoms. The molecular weight excluding hydrogens is 318 g/mol. The second kappa shape index (κ2) is 7.92. The highest BCUT2D eigenvalue weighted by Crippen LogP contribution is 2.20. The molecule has 1 atom stereocenters. The molecule has 25 heavy (non-hydrogen) atoms. The molecule has 1 heterocycles. The Balaban J connectivity index is 1.78. The van der Waals surface area contributed by atoms with Gasteiger partial charge in [0.15, 0.2) is 19.1 Å². The van der Waals surface area contributed by atoms with E-state index < -0.39 is 12.1 Å². The fraction of sp³-hybridized carbons (Fsp3) is 0.263. The van der Waals surface area contributed by atoms with Crippen LogP contribution in [0.25, 0.3) is 0 Å². The van der Waals surface area contributed by atoms with Crippen LogP contribution in [0.15, 0.2) is 65.2 Å². The Morgan fingerprint density at radius 1 is 1.04 bits per heavy atom. The molecule has 0 aliphatic heterocycles. The van der Waals surface area contributed by atoms with Gasteiger partial charge in [0.2, 0.25) is 0 Å². The second-order valence-electron chi connectivity index (χ2n) is 6.03. The van der Waals surface area contributed by atoms with Gasteiger partial charge in [0.25, 0.3) is 5.69 Å². The lowest BCUT2D eigenvalue weighted by Gasteiger charge is -2.24. The van der Waals surface area contributed by atoms with E-state index >= 15 is 0 Å². The Morgan fingerprint density at radius 3 is 2.00 bits per heavy atom. The number of nitrogens with zero attached hydrogens (tertiary/aromatic N) is 3. The molecule has 3 rings (SSSR count). The zero-order valence-corrected chi connectivity index (χ0v) is 14.1. The van der Waals surface area contributed by atoms with Gasteiger partial charge in [-0.2, -0.15) is 0 Å². The monoisotopic (exact) mass is 339 g/mol. The fourth-order valence-corrected chi connectivity index (χ4v) is 2.87. The van der Waals surface area contributed by atoms with Crippen LogP contribution in [0.2, 0.25) is 0 Å². The van der Waals surface area contributed by atoms with E-state index in [-0.39, 0.29) is 5.69 Å². The van der Waals surface area contributed by atoms with Gasteiger partial charge >= 0.3 is 0 Å². The molecular formula is C19H21N3O3. The van der Waals surface area contributed by atoms with Crippen LogP contribution in [0.3, 0.4) is 0 Å². The average molecular weight is 339 g/mol. The van der Waals surface area contributed by atoms with E-state index in [1.54, 1.807) is 7.05 Å². The molecule has 6 heteroatoms. The lowest BCUT2D eigenvalue weighted by Crippen LogP contribution is -2.39. The van der Waals surface area contributed by atoms with E-state index in [1.165, 1.54) is 4.68 Å². The van der Waals surface area contributed by atoms with Crippen molar-refractivity contribution >= 4 is 0 Å². The quantitative estimate of drug-likeness (QED) is 0.657. The molecule has 0 saturated heterocycles. The molecule has 0 fully saturated rings. The standard InChI is InChI=1S/C19H21N3O3/c1-21-18(19(24)25-20-21)17(23)14-22(12-15-8-4-2-5-9-15)13-16-10-6-3-7-11-16/h2-11,17,23H,12-14H2,1H3. The van der Waals surface area contributed by atoms with Gasteiger partial charge in [-0.3, -0.25) is 4.90 Å². The molecule has 2 aromatic carbocycles. The molecule has 3 aromatic rings. The van der Waals surface area contributed by atoms with Crippen LogP contribution in [-0.2, 0) is 20.1 Å². The minimum Gasteiger partial charge on any atom is -0.539 e. The van der Waals surface area contributed by atoms with E-state index in [0.717, 1.165) is 11.1 Å². The second-order valence-corrected chi connectivity index (χ2v) is 6.03. The van der Waals surface area contributed by atoms with E-state index in [4.69, 9.17) is 0 Å². The predicted molar refractivity (Wildman–Crippen MR) is 89.1 cm³/mol. The van der Waals surface area contributed by atoms with Crippen LogP contribution in [0.4, 0.5) is 0 Å². The highest BCUT2D eigenvalue weighted by atomic mass is 16.6. The van der Waals surface area contributed by atoms with E-state index in [9.17, 15) is 10.2 Å². The molecule has 1 unspecified atom stereocenters. The van der Waals surface area contributed by atoms with Gasteiger partial charge in [0, 0.05) is 19.6 Å². The maximum atomic E-state index is 11.8. The summed E-state index contributed by atoms with van der Waals surface area (Å²) in [6.07, 6.45) is -0.976. The minimum absolute atomic E-state index is 0.158. The summed E-state index contributed by atoms with van der Waals surface area (Å²) in [4.78, 5) is 2.10. The predicted octanol–water partition coefficient (Wildman–Crippen LogP) is 1.31. The van der Waals surface area contributed by atoms with Crippen molar-refractivity contribution < 1.29 is 19.4 Å². The summed E-state index contributed by atoms with van der Waals surface area (Å²) in [6, 6.07) is 20.1. The Kier molecular flexibility index (Phi) is 5.42. The normalized spacial score (nSPS) is 12.4. The zero-order valence-electron chi connectivity index (χ0n) is 14.1. The van der Waals surface area contributed by atoms with Crippen LogP contribution in [-0.4, -0.2) is 21.8 Å². The number of hydrogen-bond acceptors (Lipinski definition) is 5. The first-order chi connectivity index (χ1) is 12.1. The molecule has 0 aliphatic rings. The molecule has 0 radical (unpaired) electrons. The third kappa shape index (κ3) is 4.43. The maximum absolute atomic E-state index is 11.8. The summed E-state index contributed by atoms with van der Waals surface area (Å²) < 4.78 is 5.90. The van der Waals surface area contributed by atoms with Crippen molar-refractivity contribution in [1.82, 2.24) is 10.2 Å². The van der Waals surface area contributed by atoms with Crippen molar-refractivity contribution in [1.29, 1.82) is 0 Å². The Labute approximate surface area is 146 Å². The average Bonchev–Trinajstić information content (AvgIpc) is 2.95. The zero-order chi connectivity index (χ0) is 17.6. The number of benzene rings is 2. The first-order valence-electron chi connectivity index (χ1n) is 8.14. The summed E-state index contributed by atoms with van der Waals surface area (Å²) in [5.74, 6) is -0.602. The Bertz CT molecular complexity index is 729.